The highest BCUT2D eigenvalue weighted by Crippen LogP contribution is 2.38. The standard InChI is InChI=1S/C30H37N5O5S2/c1-19(2)34-16-15-24-25(18-34)41-29(26(24)28(37)33-30(38)31-5)32-27(36)22-11-13-23(14-12-22)42(39,40)35(20(3)4)17-21-9-7-6-8-10-21/h6-14,19-20H,15-18H2,1-5H3,(H,32,36)(H2,31,33,37,38). The van der Waals surface area contributed by atoms with Gasteiger partial charge < -0.3 is 10.6 Å². The minimum Gasteiger partial charge on any atom is -0.341 e. The largest absolute Gasteiger partial charge is 0.341 e. The van der Waals surface area contributed by atoms with Crippen LogP contribution in [0.3, 0.4) is 0 Å². The lowest BCUT2D eigenvalue weighted by Crippen LogP contribution is -2.39. The van der Waals surface area contributed by atoms with E-state index in [4.69, 9.17) is 0 Å². The maximum absolute atomic E-state index is 13.5. The molecule has 42 heavy (non-hydrogen) atoms. The van der Waals surface area contributed by atoms with Crippen molar-refractivity contribution in [3.63, 3.8) is 0 Å². The Labute approximate surface area is 251 Å². The van der Waals surface area contributed by atoms with Crippen LogP contribution in [0.1, 0.15) is 64.4 Å². The molecule has 3 aromatic rings. The molecule has 2 heterocycles. The van der Waals surface area contributed by atoms with Gasteiger partial charge >= 0.3 is 6.03 Å². The van der Waals surface area contributed by atoms with Crippen molar-refractivity contribution in [3.8, 4) is 0 Å². The number of amides is 4. The summed E-state index contributed by atoms with van der Waals surface area (Å²) in [5, 5.41) is 7.88. The molecule has 10 nitrogen and oxygen atoms in total. The van der Waals surface area contributed by atoms with E-state index >= 15 is 0 Å². The summed E-state index contributed by atoms with van der Waals surface area (Å²) in [5.74, 6) is -1.08. The third-order valence-electron chi connectivity index (χ3n) is 7.21. The number of thiophene rings is 1. The average molecular weight is 612 g/mol. The number of urea groups is 1. The molecule has 4 amide bonds. The molecule has 1 aliphatic rings. The van der Waals surface area contributed by atoms with E-state index in [1.165, 1.54) is 47.0 Å². The molecule has 3 N–H and O–H groups in total. The van der Waals surface area contributed by atoms with Crippen LogP contribution in [0.25, 0.3) is 0 Å². The number of benzene rings is 2. The van der Waals surface area contributed by atoms with E-state index in [1.807, 2.05) is 44.2 Å². The van der Waals surface area contributed by atoms with Crippen LogP contribution in [-0.2, 0) is 29.5 Å². The van der Waals surface area contributed by atoms with Gasteiger partial charge in [-0.05, 0) is 69.5 Å². The minimum absolute atomic E-state index is 0.0784. The Bertz CT molecular complexity index is 1550. The zero-order valence-corrected chi connectivity index (χ0v) is 26.1. The molecule has 0 saturated heterocycles. The van der Waals surface area contributed by atoms with Gasteiger partial charge in [0.2, 0.25) is 10.0 Å². The molecule has 224 valence electrons. The van der Waals surface area contributed by atoms with Gasteiger partial charge in [-0.1, -0.05) is 30.3 Å². The minimum atomic E-state index is -3.84. The van der Waals surface area contributed by atoms with Crippen LogP contribution in [0, 0.1) is 0 Å². The molecule has 0 unspecified atom stereocenters. The Balaban J connectivity index is 1.58. The molecular formula is C30H37N5O5S2. The van der Waals surface area contributed by atoms with Crippen molar-refractivity contribution in [3.05, 3.63) is 81.7 Å². The third-order valence-corrected chi connectivity index (χ3v) is 10.4. The number of imide groups is 1. The second kappa shape index (κ2) is 13.2. The first-order valence-corrected chi connectivity index (χ1v) is 16.1. The fourth-order valence-electron chi connectivity index (χ4n) is 4.82. The molecule has 1 aromatic heterocycles. The van der Waals surface area contributed by atoms with Crippen LogP contribution in [0.4, 0.5) is 9.80 Å². The van der Waals surface area contributed by atoms with Gasteiger partial charge in [-0.25, -0.2) is 13.2 Å². The molecule has 0 spiro atoms. The number of carbonyl (C=O) groups excluding carboxylic acids is 3. The number of rotatable bonds is 9. The highest BCUT2D eigenvalue weighted by molar-refractivity contribution is 7.89. The van der Waals surface area contributed by atoms with Crippen molar-refractivity contribution in [2.24, 2.45) is 0 Å². The summed E-state index contributed by atoms with van der Waals surface area (Å²) in [4.78, 5) is 41.6. The number of hydrogen-bond donors (Lipinski definition) is 3. The van der Waals surface area contributed by atoms with Crippen molar-refractivity contribution in [2.45, 2.75) is 64.2 Å². The van der Waals surface area contributed by atoms with Crippen LogP contribution >= 0.6 is 11.3 Å². The Kier molecular flexibility index (Phi) is 9.82. The molecule has 0 saturated carbocycles. The second-order valence-electron chi connectivity index (χ2n) is 10.7. The Morgan fingerprint density at radius 2 is 1.64 bits per heavy atom. The van der Waals surface area contributed by atoms with Gasteiger partial charge in [-0.2, -0.15) is 4.31 Å². The molecule has 2 aromatic carbocycles. The van der Waals surface area contributed by atoms with Crippen LogP contribution in [0.15, 0.2) is 59.5 Å². The first-order chi connectivity index (χ1) is 19.9. The summed E-state index contributed by atoms with van der Waals surface area (Å²) in [7, 11) is -2.42. The van der Waals surface area contributed by atoms with Crippen LogP contribution in [0.2, 0.25) is 0 Å². The van der Waals surface area contributed by atoms with Gasteiger partial charge in [0.25, 0.3) is 11.8 Å². The summed E-state index contributed by atoms with van der Waals surface area (Å²) in [5.41, 5.74) is 2.21. The lowest BCUT2D eigenvalue weighted by atomic mass is 10.0. The topological polar surface area (TPSA) is 128 Å². The highest BCUT2D eigenvalue weighted by atomic mass is 32.2. The lowest BCUT2D eigenvalue weighted by Gasteiger charge is -2.30. The average Bonchev–Trinajstić information content (AvgIpc) is 3.33. The number of carbonyl (C=O) groups is 3. The molecule has 0 atom stereocenters. The van der Waals surface area contributed by atoms with Gasteiger partial charge in [0, 0.05) is 49.2 Å². The van der Waals surface area contributed by atoms with Gasteiger partial charge in [0.15, 0.2) is 0 Å². The Hall–Kier alpha value is -3.58. The van der Waals surface area contributed by atoms with Gasteiger partial charge in [0.05, 0.1) is 10.5 Å². The Morgan fingerprint density at radius 1 is 0.976 bits per heavy atom. The normalized spacial score (nSPS) is 13.7. The SMILES string of the molecule is CNC(=O)NC(=O)c1c(NC(=O)c2ccc(S(=O)(=O)N(Cc3ccccc3)C(C)C)cc2)sc2c1CCN(C(C)C)C2. The third kappa shape index (κ3) is 6.89. The smallest absolute Gasteiger partial charge is 0.321 e. The number of sulfonamides is 1. The number of nitrogens with zero attached hydrogens (tertiary/aromatic N) is 2. The fraction of sp³-hybridized carbons (Fsp3) is 0.367. The van der Waals surface area contributed by atoms with E-state index in [9.17, 15) is 22.8 Å². The number of fused-ring (bicyclic) bond motifs is 1. The molecule has 0 aliphatic carbocycles. The molecule has 0 bridgehead atoms. The van der Waals surface area contributed by atoms with Crippen molar-refractivity contribution in [1.29, 1.82) is 0 Å². The summed E-state index contributed by atoms with van der Waals surface area (Å²) >= 11 is 1.32. The van der Waals surface area contributed by atoms with Crippen molar-refractivity contribution >= 4 is 44.2 Å². The Morgan fingerprint density at radius 3 is 2.24 bits per heavy atom. The summed E-state index contributed by atoms with van der Waals surface area (Å²) in [6, 6.07) is 14.5. The van der Waals surface area contributed by atoms with Crippen molar-refractivity contribution in [2.75, 3.05) is 18.9 Å². The molecule has 0 fully saturated rings. The second-order valence-corrected chi connectivity index (χ2v) is 13.7. The van der Waals surface area contributed by atoms with E-state index in [1.54, 1.807) is 0 Å². The fourth-order valence-corrected chi connectivity index (χ4v) is 7.71. The van der Waals surface area contributed by atoms with E-state index in [-0.39, 0.29) is 28.6 Å². The zero-order chi connectivity index (χ0) is 30.6. The van der Waals surface area contributed by atoms with Crippen LogP contribution in [-0.4, -0.2) is 61.1 Å². The van der Waals surface area contributed by atoms with Crippen molar-refractivity contribution < 1.29 is 22.8 Å². The van der Waals surface area contributed by atoms with E-state index in [0.29, 0.717) is 24.0 Å². The first-order valence-electron chi connectivity index (χ1n) is 13.8. The molecule has 1 aliphatic heterocycles. The zero-order valence-electron chi connectivity index (χ0n) is 24.4. The summed E-state index contributed by atoms with van der Waals surface area (Å²) < 4.78 is 28.5. The number of hydrogen-bond acceptors (Lipinski definition) is 7. The predicted molar refractivity (Wildman–Crippen MR) is 164 cm³/mol. The first kappa shape index (κ1) is 31.4. The van der Waals surface area contributed by atoms with Gasteiger partial charge in [-0.3, -0.25) is 19.8 Å². The highest BCUT2D eigenvalue weighted by Gasteiger charge is 2.31. The maximum atomic E-state index is 13.5. The molecule has 0 radical (unpaired) electrons. The molecular weight excluding hydrogens is 574 g/mol. The molecule has 12 heteroatoms. The monoisotopic (exact) mass is 611 g/mol. The number of nitrogens with one attached hydrogen (secondary N) is 3. The van der Waals surface area contributed by atoms with Gasteiger partial charge in [0.1, 0.15) is 5.00 Å². The predicted octanol–water partition coefficient (Wildman–Crippen LogP) is 4.44. The number of anilines is 1. The molecule has 4 rings (SSSR count). The van der Waals surface area contributed by atoms with E-state index < -0.39 is 27.9 Å². The van der Waals surface area contributed by atoms with Gasteiger partial charge in [-0.15, -0.1) is 11.3 Å². The van der Waals surface area contributed by atoms with Crippen molar-refractivity contribution in [1.82, 2.24) is 19.8 Å². The maximum Gasteiger partial charge on any atom is 0.321 e. The van der Waals surface area contributed by atoms with Crippen LogP contribution < -0.4 is 16.0 Å². The van der Waals surface area contributed by atoms with Crippen LogP contribution in [0.5, 0.6) is 0 Å². The summed E-state index contributed by atoms with van der Waals surface area (Å²) in [6.45, 7) is 9.46. The van der Waals surface area contributed by atoms with E-state index in [0.717, 1.165) is 22.5 Å². The summed E-state index contributed by atoms with van der Waals surface area (Å²) in [6.07, 6.45) is 0.609. The van der Waals surface area contributed by atoms with E-state index in [2.05, 4.69) is 34.7 Å². The quantitative estimate of drug-likeness (QED) is 0.328. The lowest BCUT2D eigenvalue weighted by molar-refractivity contribution is 0.0963.